The van der Waals surface area contributed by atoms with Gasteiger partial charge in [-0.1, -0.05) is 37.3 Å². The molecule has 2 aromatic carbocycles. The fraction of sp³-hybridized carbons (Fsp3) is 0.381. The highest BCUT2D eigenvalue weighted by molar-refractivity contribution is 5.94. The van der Waals surface area contributed by atoms with E-state index in [1.165, 1.54) is 0 Å². The van der Waals surface area contributed by atoms with Gasteiger partial charge in [-0.3, -0.25) is 4.79 Å². The maximum atomic E-state index is 12.5. The minimum atomic E-state index is -0.0682. The Balaban J connectivity index is 1.56. The van der Waals surface area contributed by atoms with Crippen LogP contribution in [0.4, 0.5) is 0 Å². The Bertz CT molecular complexity index is 663. The van der Waals surface area contributed by atoms with E-state index in [2.05, 4.69) is 12.2 Å². The predicted molar refractivity (Wildman–Crippen MR) is 97.9 cm³/mol. The third kappa shape index (κ3) is 4.83. The van der Waals surface area contributed by atoms with E-state index in [4.69, 9.17) is 9.47 Å². The number of rotatable bonds is 7. The molecular weight excluding hydrogens is 314 g/mol. The van der Waals surface area contributed by atoms with Gasteiger partial charge in [-0.15, -0.1) is 0 Å². The van der Waals surface area contributed by atoms with Gasteiger partial charge in [0.15, 0.2) is 0 Å². The van der Waals surface area contributed by atoms with Gasteiger partial charge in [0.05, 0.1) is 12.1 Å². The quantitative estimate of drug-likeness (QED) is 0.825. The van der Waals surface area contributed by atoms with Gasteiger partial charge in [0.1, 0.15) is 12.4 Å². The molecule has 0 unspecified atom stereocenters. The molecule has 0 bridgehead atoms. The third-order valence-electron chi connectivity index (χ3n) is 4.49. The highest BCUT2D eigenvalue weighted by Gasteiger charge is 2.16. The van der Waals surface area contributed by atoms with Crippen molar-refractivity contribution in [3.8, 4) is 5.75 Å². The molecule has 4 heteroatoms. The maximum Gasteiger partial charge on any atom is 0.251 e. The lowest BCUT2D eigenvalue weighted by molar-refractivity contribution is 0.0679. The van der Waals surface area contributed by atoms with E-state index in [9.17, 15) is 4.79 Å². The minimum absolute atomic E-state index is 0.0177. The topological polar surface area (TPSA) is 47.6 Å². The molecule has 0 saturated carbocycles. The molecule has 1 saturated heterocycles. The predicted octanol–water partition coefficient (Wildman–Crippen LogP) is 4.13. The Kier molecular flexibility index (Phi) is 6.07. The normalized spacial score (nSPS) is 17.9. The van der Waals surface area contributed by atoms with Crippen LogP contribution in [0.3, 0.4) is 0 Å². The van der Waals surface area contributed by atoms with Crippen LogP contribution in [0, 0.1) is 0 Å². The van der Waals surface area contributed by atoms with Gasteiger partial charge >= 0.3 is 0 Å². The highest BCUT2D eigenvalue weighted by atomic mass is 16.5. The van der Waals surface area contributed by atoms with Crippen molar-refractivity contribution in [3.63, 3.8) is 0 Å². The lowest BCUT2D eigenvalue weighted by atomic mass is 10.0. The molecule has 1 amide bonds. The van der Waals surface area contributed by atoms with E-state index in [-0.39, 0.29) is 18.1 Å². The van der Waals surface area contributed by atoms with Gasteiger partial charge in [0.2, 0.25) is 0 Å². The number of carbonyl (C=O) groups is 1. The first-order valence-electron chi connectivity index (χ1n) is 8.96. The molecule has 25 heavy (non-hydrogen) atoms. The van der Waals surface area contributed by atoms with E-state index in [0.717, 1.165) is 37.2 Å². The number of nitrogens with one attached hydrogen (secondary N) is 1. The van der Waals surface area contributed by atoms with E-state index in [1.54, 1.807) is 12.1 Å². The Morgan fingerprint density at radius 2 is 1.96 bits per heavy atom. The number of ether oxygens (including phenoxy) is 2. The van der Waals surface area contributed by atoms with Crippen LogP contribution in [0.25, 0.3) is 0 Å². The third-order valence-corrected chi connectivity index (χ3v) is 4.49. The van der Waals surface area contributed by atoms with Crippen LogP contribution < -0.4 is 10.1 Å². The highest BCUT2D eigenvalue weighted by Crippen LogP contribution is 2.19. The van der Waals surface area contributed by atoms with Crippen LogP contribution in [0.5, 0.6) is 5.75 Å². The van der Waals surface area contributed by atoms with Gasteiger partial charge in [-0.05, 0) is 49.1 Å². The molecule has 3 rings (SSSR count). The molecule has 132 valence electrons. The maximum absolute atomic E-state index is 12.5. The van der Waals surface area contributed by atoms with Crippen molar-refractivity contribution in [2.24, 2.45) is 0 Å². The summed E-state index contributed by atoms with van der Waals surface area (Å²) < 4.78 is 11.3. The summed E-state index contributed by atoms with van der Waals surface area (Å²) >= 11 is 0. The van der Waals surface area contributed by atoms with Crippen LogP contribution in [0.1, 0.15) is 48.1 Å². The van der Waals surface area contributed by atoms with Crippen molar-refractivity contribution in [2.45, 2.75) is 38.3 Å². The van der Waals surface area contributed by atoms with Crippen molar-refractivity contribution in [2.75, 3.05) is 13.2 Å². The first kappa shape index (κ1) is 17.5. The van der Waals surface area contributed by atoms with Gasteiger partial charge in [0.25, 0.3) is 5.91 Å². The Morgan fingerprint density at radius 1 is 1.20 bits per heavy atom. The molecular formula is C21H25NO3. The second-order valence-electron chi connectivity index (χ2n) is 6.32. The summed E-state index contributed by atoms with van der Waals surface area (Å²) in [6.07, 6.45) is 3.20. The molecule has 1 aliphatic heterocycles. The SMILES string of the molecule is CC[C@@H](NC(=O)c1ccc(OC[C@H]2CCCO2)cc1)c1ccccc1. The second kappa shape index (κ2) is 8.67. The number of carbonyl (C=O) groups excluding carboxylic acids is 1. The van der Waals surface area contributed by atoms with Crippen molar-refractivity contribution < 1.29 is 14.3 Å². The number of benzene rings is 2. The Hall–Kier alpha value is -2.33. The van der Waals surface area contributed by atoms with Gasteiger partial charge < -0.3 is 14.8 Å². The summed E-state index contributed by atoms with van der Waals surface area (Å²) in [6.45, 7) is 3.46. The molecule has 0 aromatic heterocycles. The van der Waals surface area contributed by atoms with E-state index < -0.39 is 0 Å². The summed E-state index contributed by atoms with van der Waals surface area (Å²) in [5.74, 6) is 0.698. The Morgan fingerprint density at radius 3 is 2.60 bits per heavy atom. The zero-order valence-electron chi connectivity index (χ0n) is 14.6. The second-order valence-corrected chi connectivity index (χ2v) is 6.32. The smallest absolute Gasteiger partial charge is 0.251 e. The van der Waals surface area contributed by atoms with Crippen LogP contribution in [0.2, 0.25) is 0 Å². The molecule has 4 nitrogen and oxygen atoms in total. The molecule has 0 aliphatic carbocycles. The first-order valence-corrected chi connectivity index (χ1v) is 8.96. The van der Waals surface area contributed by atoms with Gasteiger partial charge in [-0.25, -0.2) is 0 Å². The summed E-state index contributed by atoms with van der Waals surface area (Å²) in [4.78, 5) is 12.5. The molecule has 2 atom stereocenters. The van der Waals surface area contributed by atoms with Crippen molar-refractivity contribution in [1.29, 1.82) is 0 Å². The van der Waals surface area contributed by atoms with Crippen LogP contribution in [0.15, 0.2) is 54.6 Å². The molecule has 1 aliphatic rings. The lowest BCUT2D eigenvalue weighted by Gasteiger charge is -2.17. The number of hydrogen-bond donors (Lipinski definition) is 1. The van der Waals surface area contributed by atoms with Crippen molar-refractivity contribution in [1.82, 2.24) is 5.32 Å². The zero-order chi connectivity index (χ0) is 17.5. The molecule has 2 aromatic rings. The summed E-state index contributed by atoms with van der Waals surface area (Å²) in [7, 11) is 0. The summed E-state index contributed by atoms with van der Waals surface area (Å²) in [5.41, 5.74) is 1.76. The number of amides is 1. The Labute approximate surface area is 149 Å². The van der Waals surface area contributed by atoms with Crippen LogP contribution in [-0.4, -0.2) is 25.2 Å². The van der Waals surface area contributed by atoms with Crippen molar-refractivity contribution >= 4 is 5.91 Å². The van der Waals surface area contributed by atoms with Crippen LogP contribution >= 0.6 is 0 Å². The summed E-state index contributed by atoms with van der Waals surface area (Å²) in [6, 6.07) is 17.3. The molecule has 0 radical (unpaired) electrons. The van der Waals surface area contributed by atoms with Gasteiger partial charge in [0, 0.05) is 12.2 Å². The number of hydrogen-bond acceptors (Lipinski definition) is 3. The largest absolute Gasteiger partial charge is 0.491 e. The lowest BCUT2D eigenvalue weighted by Crippen LogP contribution is -2.28. The fourth-order valence-electron chi connectivity index (χ4n) is 3.02. The average Bonchev–Trinajstić information content (AvgIpc) is 3.19. The average molecular weight is 339 g/mol. The summed E-state index contributed by atoms with van der Waals surface area (Å²) in [5, 5.41) is 3.10. The van der Waals surface area contributed by atoms with Crippen LogP contribution in [-0.2, 0) is 4.74 Å². The first-order chi connectivity index (χ1) is 12.3. The zero-order valence-corrected chi connectivity index (χ0v) is 14.6. The van der Waals surface area contributed by atoms with E-state index >= 15 is 0 Å². The fourth-order valence-corrected chi connectivity index (χ4v) is 3.02. The van der Waals surface area contributed by atoms with E-state index in [1.807, 2.05) is 42.5 Å². The van der Waals surface area contributed by atoms with Crippen molar-refractivity contribution in [3.05, 3.63) is 65.7 Å². The van der Waals surface area contributed by atoms with E-state index in [0.29, 0.717) is 12.2 Å². The molecule has 1 heterocycles. The molecule has 1 fully saturated rings. The molecule has 0 spiro atoms. The standard InChI is InChI=1S/C21H25NO3/c1-2-20(16-7-4-3-5-8-16)22-21(23)17-10-12-18(13-11-17)25-15-19-9-6-14-24-19/h3-5,7-8,10-13,19-20H,2,6,9,14-15H2,1H3,(H,22,23)/t19-,20-/m1/s1. The molecule has 1 N–H and O–H groups in total. The monoisotopic (exact) mass is 339 g/mol. The minimum Gasteiger partial charge on any atom is -0.491 e. The van der Waals surface area contributed by atoms with Gasteiger partial charge in [-0.2, -0.15) is 0 Å².